The summed E-state index contributed by atoms with van der Waals surface area (Å²) < 4.78 is 2.37. The molecule has 4 rings (SSSR count). The molecule has 0 aromatic carbocycles. The third kappa shape index (κ3) is 3.77. The lowest BCUT2D eigenvalue weighted by molar-refractivity contribution is 0.196. The van der Waals surface area contributed by atoms with Crippen molar-refractivity contribution >= 4 is 0 Å². The molecule has 2 fully saturated rings. The fourth-order valence-electron chi connectivity index (χ4n) is 4.20. The summed E-state index contributed by atoms with van der Waals surface area (Å²) in [5.41, 5.74) is 0. The van der Waals surface area contributed by atoms with Crippen molar-refractivity contribution in [3.8, 4) is 0 Å². The predicted octanol–water partition coefficient (Wildman–Crippen LogP) is 2.00. The number of aromatic nitrogens is 5. The third-order valence-corrected chi connectivity index (χ3v) is 5.62. The molecule has 0 aliphatic carbocycles. The highest BCUT2D eigenvalue weighted by molar-refractivity contribution is 5.04. The Morgan fingerprint density at radius 2 is 1.80 bits per heavy atom. The second-order valence-electron chi connectivity index (χ2n) is 7.29. The van der Waals surface area contributed by atoms with Crippen LogP contribution in [0.15, 0.2) is 12.4 Å². The van der Waals surface area contributed by atoms with Crippen LogP contribution in [0.2, 0.25) is 0 Å². The zero-order valence-electron chi connectivity index (χ0n) is 15.2. The number of rotatable bonds is 6. The van der Waals surface area contributed by atoms with E-state index in [4.69, 9.17) is 0 Å². The second kappa shape index (κ2) is 7.66. The van der Waals surface area contributed by atoms with Crippen LogP contribution in [0, 0.1) is 0 Å². The van der Waals surface area contributed by atoms with Gasteiger partial charge in [0.1, 0.15) is 17.5 Å². The summed E-state index contributed by atoms with van der Waals surface area (Å²) in [4.78, 5) is 12.5. The van der Waals surface area contributed by atoms with Crippen molar-refractivity contribution in [1.82, 2.24) is 34.5 Å². The van der Waals surface area contributed by atoms with E-state index in [1.54, 1.807) is 0 Å². The van der Waals surface area contributed by atoms with Crippen LogP contribution in [0.3, 0.4) is 0 Å². The van der Waals surface area contributed by atoms with Gasteiger partial charge in [0.15, 0.2) is 0 Å². The van der Waals surface area contributed by atoms with Gasteiger partial charge in [-0.15, -0.1) is 10.2 Å². The van der Waals surface area contributed by atoms with Crippen molar-refractivity contribution in [3.05, 3.63) is 29.9 Å². The average molecular weight is 343 g/mol. The molecule has 25 heavy (non-hydrogen) atoms. The van der Waals surface area contributed by atoms with E-state index < -0.39 is 0 Å². The number of hydrogen-bond donors (Lipinski definition) is 1. The average Bonchev–Trinajstić information content (AvgIpc) is 3.38. The SMILES string of the molecule is CCn1c(CN2CCCC2)nnc1C1CCN(Cc2ncc[nH]2)CC1. The summed E-state index contributed by atoms with van der Waals surface area (Å²) >= 11 is 0. The topological polar surface area (TPSA) is 65.9 Å². The maximum absolute atomic E-state index is 4.60. The van der Waals surface area contributed by atoms with Crippen LogP contribution in [0.1, 0.15) is 56.0 Å². The normalized spacial score (nSPS) is 20.5. The van der Waals surface area contributed by atoms with Gasteiger partial charge in [0, 0.05) is 24.9 Å². The lowest BCUT2D eigenvalue weighted by Gasteiger charge is -2.31. The number of nitrogens with one attached hydrogen (secondary N) is 1. The highest BCUT2D eigenvalue weighted by Gasteiger charge is 2.26. The van der Waals surface area contributed by atoms with E-state index in [-0.39, 0.29) is 0 Å². The highest BCUT2D eigenvalue weighted by Crippen LogP contribution is 2.28. The van der Waals surface area contributed by atoms with Gasteiger partial charge in [-0.2, -0.15) is 0 Å². The minimum atomic E-state index is 0.535. The zero-order chi connectivity index (χ0) is 17.1. The molecule has 0 atom stereocenters. The number of aromatic amines is 1. The van der Waals surface area contributed by atoms with E-state index in [9.17, 15) is 0 Å². The summed E-state index contributed by atoms with van der Waals surface area (Å²) in [5, 5.41) is 9.15. The van der Waals surface area contributed by atoms with E-state index in [1.165, 1.54) is 31.8 Å². The standard InChI is InChI=1S/C18H29N7/c1-2-25-17(14-23-9-3-4-10-23)21-22-18(25)15-5-11-24(12-6-15)13-16-19-7-8-20-16/h7-8,15H,2-6,9-14H2,1H3,(H,19,20). The molecule has 2 saturated heterocycles. The fraction of sp³-hybridized carbons (Fsp3) is 0.722. The van der Waals surface area contributed by atoms with Crippen LogP contribution in [0.4, 0.5) is 0 Å². The van der Waals surface area contributed by atoms with E-state index in [0.29, 0.717) is 5.92 Å². The maximum atomic E-state index is 4.60. The third-order valence-electron chi connectivity index (χ3n) is 5.62. The van der Waals surface area contributed by atoms with Crippen molar-refractivity contribution in [2.75, 3.05) is 26.2 Å². The molecule has 0 bridgehead atoms. The molecule has 2 aliphatic heterocycles. The number of likely N-dealkylation sites (tertiary alicyclic amines) is 2. The quantitative estimate of drug-likeness (QED) is 0.869. The van der Waals surface area contributed by atoms with Gasteiger partial charge >= 0.3 is 0 Å². The lowest BCUT2D eigenvalue weighted by atomic mass is 9.96. The van der Waals surface area contributed by atoms with Crippen LogP contribution in [-0.4, -0.2) is 60.7 Å². The smallest absolute Gasteiger partial charge is 0.147 e. The second-order valence-corrected chi connectivity index (χ2v) is 7.29. The highest BCUT2D eigenvalue weighted by atomic mass is 15.3. The molecule has 0 saturated carbocycles. The van der Waals surface area contributed by atoms with Crippen molar-refractivity contribution in [1.29, 1.82) is 0 Å². The summed E-state index contributed by atoms with van der Waals surface area (Å²) in [6, 6.07) is 0. The van der Waals surface area contributed by atoms with Crippen molar-refractivity contribution in [2.45, 2.75) is 58.2 Å². The Morgan fingerprint density at radius 1 is 1.04 bits per heavy atom. The fourth-order valence-corrected chi connectivity index (χ4v) is 4.20. The first kappa shape index (κ1) is 16.7. The van der Waals surface area contributed by atoms with Gasteiger partial charge in [-0.05, 0) is 58.8 Å². The summed E-state index contributed by atoms with van der Waals surface area (Å²) in [5.74, 6) is 3.95. The monoisotopic (exact) mass is 343 g/mol. The zero-order valence-corrected chi connectivity index (χ0v) is 15.2. The maximum Gasteiger partial charge on any atom is 0.147 e. The van der Waals surface area contributed by atoms with Gasteiger partial charge in [0.25, 0.3) is 0 Å². The number of H-pyrrole nitrogens is 1. The first-order valence-corrected chi connectivity index (χ1v) is 9.68. The van der Waals surface area contributed by atoms with Crippen LogP contribution < -0.4 is 0 Å². The molecule has 0 amide bonds. The van der Waals surface area contributed by atoms with Gasteiger partial charge in [-0.1, -0.05) is 0 Å². The van der Waals surface area contributed by atoms with Crippen molar-refractivity contribution in [3.63, 3.8) is 0 Å². The minimum Gasteiger partial charge on any atom is -0.348 e. The molecule has 4 heterocycles. The van der Waals surface area contributed by atoms with Crippen LogP contribution in [0.25, 0.3) is 0 Å². The minimum absolute atomic E-state index is 0.535. The van der Waals surface area contributed by atoms with Gasteiger partial charge in [-0.3, -0.25) is 9.80 Å². The Hall–Kier alpha value is -1.73. The van der Waals surface area contributed by atoms with Crippen molar-refractivity contribution < 1.29 is 0 Å². The molecule has 2 aromatic heterocycles. The molecule has 0 spiro atoms. The van der Waals surface area contributed by atoms with Gasteiger partial charge in [0.2, 0.25) is 0 Å². The number of piperidine rings is 1. The Balaban J connectivity index is 1.38. The first-order valence-electron chi connectivity index (χ1n) is 9.68. The Morgan fingerprint density at radius 3 is 2.48 bits per heavy atom. The van der Waals surface area contributed by atoms with Gasteiger partial charge in [-0.25, -0.2) is 4.98 Å². The Kier molecular flexibility index (Phi) is 5.12. The molecule has 1 N–H and O–H groups in total. The molecule has 2 aliphatic rings. The summed E-state index contributed by atoms with van der Waals surface area (Å²) in [6.07, 6.45) is 8.68. The number of hydrogen-bond acceptors (Lipinski definition) is 5. The van der Waals surface area contributed by atoms with Crippen LogP contribution in [0.5, 0.6) is 0 Å². The van der Waals surface area contributed by atoms with Gasteiger partial charge in [0.05, 0.1) is 13.1 Å². The number of imidazole rings is 1. The molecule has 136 valence electrons. The molecular formula is C18H29N7. The molecule has 2 aromatic rings. The van der Waals surface area contributed by atoms with Crippen molar-refractivity contribution in [2.24, 2.45) is 0 Å². The molecule has 0 radical (unpaired) electrons. The van der Waals surface area contributed by atoms with E-state index in [2.05, 4.69) is 41.5 Å². The van der Waals surface area contributed by atoms with E-state index >= 15 is 0 Å². The van der Waals surface area contributed by atoms with Gasteiger partial charge < -0.3 is 9.55 Å². The molecule has 0 unspecified atom stereocenters. The summed E-state index contributed by atoms with van der Waals surface area (Å²) in [6.45, 7) is 9.67. The molecule has 7 heteroatoms. The lowest BCUT2D eigenvalue weighted by Crippen LogP contribution is -2.33. The van der Waals surface area contributed by atoms with E-state index in [1.807, 2.05) is 12.4 Å². The Labute approximate surface area is 149 Å². The van der Waals surface area contributed by atoms with Crippen LogP contribution in [-0.2, 0) is 19.6 Å². The largest absolute Gasteiger partial charge is 0.348 e. The Bertz CT molecular complexity index is 649. The molecule has 7 nitrogen and oxygen atoms in total. The van der Waals surface area contributed by atoms with E-state index in [0.717, 1.165) is 57.2 Å². The van der Waals surface area contributed by atoms with Crippen LogP contribution >= 0.6 is 0 Å². The summed E-state index contributed by atoms with van der Waals surface area (Å²) in [7, 11) is 0. The first-order chi connectivity index (χ1) is 12.3. The number of nitrogens with zero attached hydrogens (tertiary/aromatic N) is 6. The predicted molar refractivity (Wildman–Crippen MR) is 96.0 cm³/mol. The molecular weight excluding hydrogens is 314 g/mol.